The average Bonchev–Trinajstić information content (AvgIpc) is 3.35. The van der Waals surface area contributed by atoms with Gasteiger partial charge in [0.25, 0.3) is 0 Å². The summed E-state index contributed by atoms with van der Waals surface area (Å²) >= 11 is 8.72. The first-order valence-electron chi connectivity index (χ1n) is 10.4. The molecule has 0 spiro atoms. The lowest BCUT2D eigenvalue weighted by molar-refractivity contribution is -0.137. The van der Waals surface area contributed by atoms with Gasteiger partial charge in [-0.2, -0.15) is 13.2 Å². The second-order valence-corrected chi connectivity index (χ2v) is 10.3. The molecule has 2 aromatic heterocycles. The molecule has 0 saturated carbocycles. The molecule has 5 nitrogen and oxygen atoms in total. The topological polar surface area (TPSA) is 59.8 Å². The van der Waals surface area contributed by atoms with E-state index in [2.05, 4.69) is 46.7 Å². The fourth-order valence-electron chi connectivity index (χ4n) is 3.49. The summed E-state index contributed by atoms with van der Waals surface area (Å²) in [5.74, 6) is 0.0766. The van der Waals surface area contributed by atoms with Crippen molar-refractivity contribution >= 4 is 46.3 Å². The van der Waals surface area contributed by atoms with Crippen molar-refractivity contribution in [1.82, 2.24) is 14.8 Å². The summed E-state index contributed by atoms with van der Waals surface area (Å²) in [4.78, 5) is 13.6. The van der Waals surface area contributed by atoms with Gasteiger partial charge < -0.3 is 9.88 Å². The molecule has 182 valence electrons. The minimum absolute atomic E-state index is 0.0220. The molecule has 0 aliphatic heterocycles. The number of thiophene rings is 1. The molecule has 4 rings (SSSR count). The molecule has 2 heterocycles. The molecule has 0 bridgehead atoms. The molecule has 0 atom stereocenters. The van der Waals surface area contributed by atoms with E-state index in [-0.39, 0.29) is 16.5 Å². The Morgan fingerprint density at radius 2 is 1.86 bits per heavy atom. The van der Waals surface area contributed by atoms with E-state index in [0.717, 1.165) is 51.5 Å². The lowest BCUT2D eigenvalue weighted by Crippen LogP contribution is -2.16. The van der Waals surface area contributed by atoms with Gasteiger partial charge >= 0.3 is 6.18 Å². The summed E-state index contributed by atoms with van der Waals surface area (Å²) in [6, 6.07) is 11.1. The third-order valence-corrected chi connectivity index (χ3v) is 7.55. The highest BCUT2D eigenvalue weighted by Crippen LogP contribution is 2.39. The molecule has 0 aliphatic rings. The summed E-state index contributed by atoms with van der Waals surface area (Å²) in [5.41, 5.74) is 3.29. The quantitative estimate of drug-likeness (QED) is 0.264. The van der Waals surface area contributed by atoms with Crippen LogP contribution in [0.5, 0.6) is 0 Å². The fraction of sp³-hybridized carbons (Fsp3) is 0.208. The lowest BCUT2D eigenvalue weighted by atomic mass is 10.0. The molecule has 0 aliphatic carbocycles. The van der Waals surface area contributed by atoms with Crippen molar-refractivity contribution in [2.45, 2.75) is 25.2 Å². The zero-order valence-electron chi connectivity index (χ0n) is 18.9. The zero-order valence-corrected chi connectivity index (χ0v) is 21.3. The van der Waals surface area contributed by atoms with Crippen LogP contribution in [0.2, 0.25) is 5.02 Å². The van der Waals surface area contributed by atoms with Crippen LogP contribution in [0.4, 0.5) is 18.9 Å². The van der Waals surface area contributed by atoms with Gasteiger partial charge in [0.15, 0.2) is 11.0 Å². The smallest absolute Gasteiger partial charge is 0.324 e. The number of anilines is 1. The van der Waals surface area contributed by atoms with E-state index in [1.54, 1.807) is 15.9 Å². The van der Waals surface area contributed by atoms with Gasteiger partial charge in [-0.15, -0.1) is 21.5 Å². The van der Waals surface area contributed by atoms with Gasteiger partial charge in [0.1, 0.15) is 0 Å². The van der Waals surface area contributed by atoms with Crippen LogP contribution in [0.3, 0.4) is 0 Å². The minimum atomic E-state index is -4.54. The first kappa shape index (κ1) is 25.3. The van der Waals surface area contributed by atoms with Gasteiger partial charge in [-0.05, 0) is 37.6 Å². The van der Waals surface area contributed by atoms with E-state index in [9.17, 15) is 18.0 Å². The molecule has 0 unspecified atom stereocenters. The molecule has 0 saturated heterocycles. The number of aromatic nitrogens is 3. The SMILES string of the molecule is Cc1ccc(-c2c(-c3nnc(SCC(=O)Nc4cc(C(F)(F)F)ccc4Cl)n3C)csc2C)cc1. The van der Waals surface area contributed by atoms with Crippen LogP contribution in [-0.4, -0.2) is 26.4 Å². The molecule has 2 aromatic carbocycles. The van der Waals surface area contributed by atoms with Crippen molar-refractivity contribution in [3.05, 3.63) is 68.9 Å². The van der Waals surface area contributed by atoms with Crippen molar-refractivity contribution in [2.24, 2.45) is 7.05 Å². The first-order valence-corrected chi connectivity index (χ1v) is 12.6. The van der Waals surface area contributed by atoms with Crippen LogP contribution in [0, 0.1) is 13.8 Å². The fourth-order valence-corrected chi connectivity index (χ4v) is 5.23. The number of amides is 1. The van der Waals surface area contributed by atoms with E-state index >= 15 is 0 Å². The standard InChI is InChI=1S/C24H20ClF3N4OS2/c1-13-4-6-15(7-5-13)21-14(2)34-11-17(21)22-30-31-23(32(22)3)35-12-20(33)29-19-10-16(24(26,27)28)8-9-18(19)25/h4-11H,12H2,1-3H3,(H,29,33). The van der Waals surface area contributed by atoms with E-state index in [4.69, 9.17) is 11.6 Å². The van der Waals surface area contributed by atoms with Crippen LogP contribution in [0.1, 0.15) is 16.0 Å². The number of carbonyl (C=O) groups is 1. The van der Waals surface area contributed by atoms with Crippen molar-refractivity contribution < 1.29 is 18.0 Å². The van der Waals surface area contributed by atoms with E-state index < -0.39 is 17.6 Å². The Balaban J connectivity index is 1.50. The number of rotatable bonds is 6. The molecule has 0 fully saturated rings. The van der Waals surface area contributed by atoms with Crippen LogP contribution in [0.15, 0.2) is 53.0 Å². The van der Waals surface area contributed by atoms with Crippen LogP contribution in [-0.2, 0) is 18.0 Å². The van der Waals surface area contributed by atoms with E-state index in [0.29, 0.717) is 11.0 Å². The van der Waals surface area contributed by atoms with Gasteiger partial charge in [-0.1, -0.05) is 53.2 Å². The van der Waals surface area contributed by atoms with E-state index in [1.807, 2.05) is 19.4 Å². The predicted molar refractivity (Wildman–Crippen MR) is 135 cm³/mol. The Hall–Kier alpha value is -2.82. The summed E-state index contributed by atoms with van der Waals surface area (Å²) in [6.07, 6.45) is -4.54. The van der Waals surface area contributed by atoms with Crippen molar-refractivity contribution in [3.63, 3.8) is 0 Å². The number of nitrogens with zero attached hydrogens (tertiary/aromatic N) is 3. The number of alkyl halides is 3. The Kier molecular flexibility index (Phi) is 7.25. The predicted octanol–water partition coefficient (Wildman–Crippen LogP) is 7.23. The third kappa shape index (κ3) is 5.55. The number of thioether (sulfide) groups is 1. The van der Waals surface area contributed by atoms with Gasteiger partial charge in [0, 0.05) is 28.4 Å². The monoisotopic (exact) mass is 536 g/mol. The number of carbonyl (C=O) groups excluding carboxylic acids is 1. The summed E-state index contributed by atoms with van der Waals surface area (Å²) in [6.45, 7) is 4.09. The van der Waals surface area contributed by atoms with Crippen LogP contribution in [0.25, 0.3) is 22.5 Å². The van der Waals surface area contributed by atoms with E-state index in [1.165, 1.54) is 5.56 Å². The number of halogens is 4. The minimum Gasteiger partial charge on any atom is -0.324 e. The average molecular weight is 537 g/mol. The van der Waals surface area contributed by atoms with Gasteiger partial charge in [-0.3, -0.25) is 4.79 Å². The molecule has 35 heavy (non-hydrogen) atoms. The Morgan fingerprint density at radius 3 is 2.54 bits per heavy atom. The third-order valence-electron chi connectivity index (χ3n) is 5.29. The molecule has 4 aromatic rings. The number of nitrogens with one attached hydrogen (secondary N) is 1. The summed E-state index contributed by atoms with van der Waals surface area (Å²) in [5, 5.41) is 13.6. The summed E-state index contributed by atoms with van der Waals surface area (Å²) in [7, 11) is 1.81. The maximum atomic E-state index is 13.0. The highest BCUT2D eigenvalue weighted by Gasteiger charge is 2.31. The Morgan fingerprint density at radius 1 is 1.14 bits per heavy atom. The van der Waals surface area contributed by atoms with Crippen LogP contribution < -0.4 is 5.32 Å². The van der Waals surface area contributed by atoms with Crippen molar-refractivity contribution in [1.29, 1.82) is 0 Å². The maximum absolute atomic E-state index is 13.0. The number of hydrogen-bond acceptors (Lipinski definition) is 5. The van der Waals surface area contributed by atoms with Crippen LogP contribution >= 0.6 is 34.7 Å². The zero-order chi connectivity index (χ0) is 25.3. The molecule has 1 N–H and O–H groups in total. The van der Waals surface area contributed by atoms with Crippen molar-refractivity contribution in [2.75, 3.05) is 11.1 Å². The second-order valence-electron chi connectivity index (χ2n) is 7.84. The highest BCUT2D eigenvalue weighted by atomic mass is 35.5. The van der Waals surface area contributed by atoms with Gasteiger partial charge in [0.2, 0.25) is 5.91 Å². The molecule has 11 heteroatoms. The second kappa shape index (κ2) is 10.0. The normalized spacial score (nSPS) is 11.6. The largest absolute Gasteiger partial charge is 0.416 e. The lowest BCUT2D eigenvalue weighted by Gasteiger charge is -2.11. The van der Waals surface area contributed by atoms with Gasteiger partial charge in [-0.25, -0.2) is 0 Å². The number of hydrogen-bond donors (Lipinski definition) is 1. The Labute approximate surface area is 213 Å². The first-order chi connectivity index (χ1) is 16.5. The highest BCUT2D eigenvalue weighted by molar-refractivity contribution is 7.99. The Bertz CT molecular complexity index is 1380. The van der Waals surface area contributed by atoms with Gasteiger partial charge in [0.05, 0.1) is 22.0 Å². The molecule has 1 amide bonds. The molecular formula is C24H20ClF3N4OS2. The number of aryl methyl sites for hydroxylation is 2. The summed E-state index contributed by atoms with van der Waals surface area (Å²) < 4.78 is 40.7. The number of benzene rings is 2. The van der Waals surface area contributed by atoms with Crippen molar-refractivity contribution in [3.8, 4) is 22.5 Å². The molecular weight excluding hydrogens is 517 g/mol. The molecule has 0 radical (unpaired) electrons. The maximum Gasteiger partial charge on any atom is 0.416 e.